The van der Waals surface area contributed by atoms with Crippen LogP contribution >= 0.6 is 0 Å². The third kappa shape index (κ3) is 2.79. The summed E-state index contributed by atoms with van der Waals surface area (Å²) in [6, 6.07) is 5.98. The van der Waals surface area contributed by atoms with E-state index in [1.807, 2.05) is 0 Å². The van der Waals surface area contributed by atoms with E-state index in [-0.39, 0.29) is 18.2 Å². The Kier molecular flexibility index (Phi) is 4.67. The molecule has 1 unspecified atom stereocenters. The second-order valence-corrected chi connectivity index (χ2v) is 4.47. The fourth-order valence-electron chi connectivity index (χ4n) is 1.74. The fraction of sp³-hybridized carbons (Fsp3) is 0.462. The number of halogens is 1. The number of ether oxygens (including phenoxy) is 1. The average molecular weight is 255 g/mol. The molecule has 0 amide bonds. The van der Waals surface area contributed by atoms with Gasteiger partial charge >= 0.3 is 5.97 Å². The predicted octanol–water partition coefficient (Wildman–Crippen LogP) is 2.36. The first-order chi connectivity index (χ1) is 8.44. The van der Waals surface area contributed by atoms with E-state index in [1.54, 1.807) is 26.0 Å². The Bertz CT molecular complexity index is 422. The molecule has 0 saturated heterocycles. The zero-order chi connectivity index (χ0) is 13.8. The number of methoxy groups -OCH3 is 1. The molecule has 0 aromatic heterocycles. The van der Waals surface area contributed by atoms with Crippen molar-refractivity contribution in [3.05, 3.63) is 30.1 Å². The van der Waals surface area contributed by atoms with E-state index >= 15 is 0 Å². The number of hydrogen-bond donors (Lipinski definition) is 2. The quantitative estimate of drug-likeness (QED) is 0.819. The molecule has 100 valence electrons. The van der Waals surface area contributed by atoms with Crippen molar-refractivity contribution >= 4 is 11.7 Å². The van der Waals surface area contributed by atoms with Crippen LogP contribution in [0.3, 0.4) is 0 Å². The van der Waals surface area contributed by atoms with Crippen molar-refractivity contribution in [3.63, 3.8) is 0 Å². The van der Waals surface area contributed by atoms with E-state index in [0.29, 0.717) is 0 Å². The number of carbonyl (C=O) groups is 1. The van der Waals surface area contributed by atoms with Gasteiger partial charge in [-0.25, -0.2) is 9.18 Å². The summed E-state index contributed by atoms with van der Waals surface area (Å²) >= 11 is 0. The van der Waals surface area contributed by atoms with Crippen LogP contribution in [-0.2, 0) is 9.53 Å². The molecule has 1 aromatic rings. The number of hydrogen-bond acceptors (Lipinski definition) is 3. The third-order valence-electron chi connectivity index (χ3n) is 2.97. The number of carboxylic acid groups (broad SMARTS) is 1. The van der Waals surface area contributed by atoms with Crippen molar-refractivity contribution in [3.8, 4) is 0 Å². The molecule has 18 heavy (non-hydrogen) atoms. The van der Waals surface area contributed by atoms with Crippen LogP contribution in [-0.4, -0.2) is 30.3 Å². The van der Waals surface area contributed by atoms with Gasteiger partial charge in [0.2, 0.25) is 0 Å². The maximum atomic E-state index is 13.6. The van der Waals surface area contributed by atoms with E-state index in [2.05, 4.69) is 5.32 Å². The van der Waals surface area contributed by atoms with E-state index in [1.165, 1.54) is 19.2 Å². The topological polar surface area (TPSA) is 58.6 Å². The monoisotopic (exact) mass is 255 g/mol. The third-order valence-corrected chi connectivity index (χ3v) is 2.97. The maximum absolute atomic E-state index is 13.6. The van der Waals surface area contributed by atoms with Gasteiger partial charge in [0.1, 0.15) is 5.82 Å². The standard InChI is InChI=1S/C13H18FNO3/c1-9(2)13(8-18-3,12(16)17)15-11-7-5-4-6-10(11)14/h4-7,9,15H,8H2,1-3H3,(H,16,17). The summed E-state index contributed by atoms with van der Waals surface area (Å²) in [5.74, 6) is -1.82. The van der Waals surface area contributed by atoms with Crippen molar-refractivity contribution in [2.45, 2.75) is 19.4 Å². The first-order valence-electron chi connectivity index (χ1n) is 5.69. The van der Waals surface area contributed by atoms with Gasteiger partial charge in [-0.2, -0.15) is 0 Å². The minimum absolute atomic E-state index is 0.0473. The Labute approximate surface area is 106 Å². The van der Waals surface area contributed by atoms with Crippen LogP contribution in [0.1, 0.15) is 13.8 Å². The maximum Gasteiger partial charge on any atom is 0.332 e. The highest BCUT2D eigenvalue weighted by atomic mass is 19.1. The molecule has 0 bridgehead atoms. The molecule has 0 heterocycles. The van der Waals surface area contributed by atoms with Crippen LogP contribution in [0, 0.1) is 11.7 Å². The highest BCUT2D eigenvalue weighted by Crippen LogP contribution is 2.26. The minimum atomic E-state index is -1.35. The number of nitrogens with one attached hydrogen (secondary N) is 1. The zero-order valence-electron chi connectivity index (χ0n) is 10.7. The molecule has 4 nitrogen and oxygen atoms in total. The lowest BCUT2D eigenvalue weighted by Gasteiger charge is -2.34. The number of rotatable bonds is 6. The SMILES string of the molecule is COCC(Nc1ccccc1F)(C(=O)O)C(C)C. The van der Waals surface area contributed by atoms with Gasteiger partial charge in [-0.05, 0) is 18.1 Å². The van der Waals surface area contributed by atoms with E-state index in [0.717, 1.165) is 0 Å². The molecule has 2 N–H and O–H groups in total. The van der Waals surface area contributed by atoms with E-state index in [4.69, 9.17) is 4.74 Å². The lowest BCUT2D eigenvalue weighted by atomic mass is 9.86. The van der Waals surface area contributed by atoms with Gasteiger partial charge in [-0.15, -0.1) is 0 Å². The van der Waals surface area contributed by atoms with Crippen LogP contribution in [0.25, 0.3) is 0 Å². The van der Waals surface area contributed by atoms with E-state index in [9.17, 15) is 14.3 Å². The van der Waals surface area contributed by atoms with Crippen LogP contribution in [0.2, 0.25) is 0 Å². The summed E-state index contributed by atoms with van der Waals surface area (Å²) < 4.78 is 18.6. The van der Waals surface area contributed by atoms with Crippen LogP contribution in [0.4, 0.5) is 10.1 Å². The van der Waals surface area contributed by atoms with Gasteiger partial charge < -0.3 is 15.2 Å². The normalized spacial score (nSPS) is 14.3. The number of para-hydroxylation sites is 1. The van der Waals surface area contributed by atoms with Gasteiger partial charge in [-0.1, -0.05) is 26.0 Å². The number of carboxylic acids is 1. The fourth-order valence-corrected chi connectivity index (χ4v) is 1.74. The summed E-state index contributed by atoms with van der Waals surface area (Å²) in [4.78, 5) is 11.5. The van der Waals surface area contributed by atoms with Crippen LogP contribution < -0.4 is 5.32 Å². The van der Waals surface area contributed by atoms with Crippen LogP contribution in [0.5, 0.6) is 0 Å². The highest BCUT2D eigenvalue weighted by Gasteiger charge is 2.42. The predicted molar refractivity (Wildman–Crippen MR) is 67.1 cm³/mol. The molecule has 0 aliphatic carbocycles. The Balaban J connectivity index is 3.12. The largest absolute Gasteiger partial charge is 0.479 e. The molecule has 0 radical (unpaired) electrons. The lowest BCUT2D eigenvalue weighted by Crippen LogP contribution is -2.54. The molecular formula is C13H18FNO3. The Hall–Kier alpha value is -1.62. The molecule has 0 spiro atoms. The zero-order valence-corrected chi connectivity index (χ0v) is 10.7. The molecule has 1 aromatic carbocycles. The number of aliphatic carboxylic acids is 1. The lowest BCUT2D eigenvalue weighted by molar-refractivity contribution is -0.146. The van der Waals surface area contributed by atoms with Gasteiger partial charge in [-0.3, -0.25) is 0 Å². The first-order valence-corrected chi connectivity index (χ1v) is 5.69. The Morgan fingerprint density at radius 3 is 2.56 bits per heavy atom. The second-order valence-electron chi connectivity index (χ2n) is 4.47. The molecule has 1 atom stereocenters. The summed E-state index contributed by atoms with van der Waals surface area (Å²) in [5, 5.41) is 12.2. The van der Waals surface area contributed by atoms with Crippen molar-refractivity contribution in [2.75, 3.05) is 19.0 Å². The van der Waals surface area contributed by atoms with Crippen molar-refractivity contribution in [1.82, 2.24) is 0 Å². The van der Waals surface area contributed by atoms with Gasteiger partial charge in [0.05, 0.1) is 12.3 Å². The van der Waals surface area contributed by atoms with Gasteiger partial charge in [0, 0.05) is 7.11 Å². The molecule has 0 aliphatic rings. The summed E-state index contributed by atoms with van der Waals surface area (Å²) in [7, 11) is 1.42. The Morgan fingerprint density at radius 2 is 2.11 bits per heavy atom. The molecule has 0 aliphatic heterocycles. The van der Waals surface area contributed by atoms with Crippen LogP contribution in [0.15, 0.2) is 24.3 Å². The summed E-state index contributed by atoms with van der Waals surface area (Å²) in [6.07, 6.45) is 0. The average Bonchev–Trinajstić information content (AvgIpc) is 2.30. The summed E-state index contributed by atoms with van der Waals surface area (Å²) in [5.41, 5.74) is -1.19. The highest BCUT2D eigenvalue weighted by molar-refractivity contribution is 5.83. The Morgan fingerprint density at radius 1 is 1.50 bits per heavy atom. The first kappa shape index (κ1) is 14.4. The minimum Gasteiger partial charge on any atom is -0.479 e. The molecule has 1 rings (SSSR count). The second kappa shape index (κ2) is 5.82. The van der Waals surface area contributed by atoms with Crippen molar-refractivity contribution in [1.29, 1.82) is 0 Å². The smallest absolute Gasteiger partial charge is 0.332 e. The molecular weight excluding hydrogens is 237 g/mol. The molecule has 5 heteroatoms. The molecule has 0 fully saturated rings. The summed E-state index contributed by atoms with van der Waals surface area (Å²) in [6.45, 7) is 3.45. The number of benzene rings is 1. The number of anilines is 1. The van der Waals surface area contributed by atoms with Gasteiger partial charge in [0.25, 0.3) is 0 Å². The van der Waals surface area contributed by atoms with Crippen molar-refractivity contribution < 1.29 is 19.0 Å². The van der Waals surface area contributed by atoms with Gasteiger partial charge in [0.15, 0.2) is 5.54 Å². The van der Waals surface area contributed by atoms with Crippen molar-refractivity contribution in [2.24, 2.45) is 5.92 Å². The van der Waals surface area contributed by atoms with E-state index < -0.39 is 17.3 Å². The molecule has 0 saturated carbocycles.